The van der Waals surface area contributed by atoms with Gasteiger partial charge in [-0.25, -0.2) is 0 Å². The zero-order valence-electron chi connectivity index (χ0n) is 7.05. The largest absolute Gasteiger partial charge is 1.00 e. The summed E-state index contributed by atoms with van der Waals surface area (Å²) in [6, 6.07) is 0. The van der Waals surface area contributed by atoms with Gasteiger partial charge in [0.05, 0.1) is 26.7 Å². The van der Waals surface area contributed by atoms with E-state index in [-0.39, 0.29) is 12.4 Å². The average Bonchev–Trinajstić information content (AvgIpc) is 2.56. The van der Waals surface area contributed by atoms with E-state index < -0.39 is 0 Å². The lowest BCUT2D eigenvalue weighted by atomic mass is 10.4. The molecule has 66 valence electrons. The molecule has 2 nitrogen and oxygen atoms in total. The van der Waals surface area contributed by atoms with Crippen molar-refractivity contribution < 1.29 is 21.6 Å². The second-order valence-electron chi connectivity index (χ2n) is 3.91. The van der Waals surface area contributed by atoms with Gasteiger partial charge < -0.3 is 21.6 Å². The number of hydrogen-bond donors (Lipinski definition) is 0. The summed E-state index contributed by atoms with van der Waals surface area (Å²) in [5.74, 6) is 0. The van der Waals surface area contributed by atoms with E-state index in [0.717, 1.165) is 6.61 Å². The van der Waals surface area contributed by atoms with Crippen molar-refractivity contribution >= 4 is 0 Å². The molecule has 2 saturated heterocycles. The molecule has 0 aromatic heterocycles. The fourth-order valence-corrected chi connectivity index (χ4v) is 1.95. The van der Waals surface area contributed by atoms with Crippen LogP contribution < -0.4 is 12.4 Å². The third-order valence-electron chi connectivity index (χ3n) is 2.69. The van der Waals surface area contributed by atoms with Crippen LogP contribution in [0.4, 0.5) is 0 Å². The molecule has 2 fully saturated rings. The number of likely N-dealkylation sites (tertiary alicyclic amines) is 1. The van der Waals surface area contributed by atoms with Gasteiger partial charge in [0, 0.05) is 12.8 Å². The Balaban J connectivity index is 0.000000605. The molecule has 2 aliphatic heterocycles. The van der Waals surface area contributed by atoms with Crippen LogP contribution in [0.5, 0.6) is 0 Å². The van der Waals surface area contributed by atoms with Crippen molar-refractivity contribution in [1.29, 1.82) is 0 Å². The lowest BCUT2D eigenvalue weighted by molar-refractivity contribution is -0.898. The topological polar surface area (TPSA) is 12.5 Å². The molecule has 0 aromatic carbocycles. The van der Waals surface area contributed by atoms with E-state index in [1.165, 1.54) is 37.0 Å². The van der Waals surface area contributed by atoms with Gasteiger partial charge in [0.1, 0.15) is 12.6 Å². The molecule has 0 aromatic rings. The van der Waals surface area contributed by atoms with Crippen LogP contribution >= 0.6 is 0 Å². The monoisotopic (exact) mass is 177 g/mol. The van der Waals surface area contributed by atoms with E-state index >= 15 is 0 Å². The number of hydrogen-bond acceptors (Lipinski definition) is 1. The van der Waals surface area contributed by atoms with Gasteiger partial charge in [0.15, 0.2) is 0 Å². The predicted molar refractivity (Wildman–Crippen MR) is 39.8 cm³/mol. The van der Waals surface area contributed by atoms with Crippen LogP contribution in [-0.2, 0) is 4.74 Å². The van der Waals surface area contributed by atoms with Crippen LogP contribution in [0, 0.1) is 0 Å². The molecule has 2 aliphatic rings. The highest BCUT2D eigenvalue weighted by molar-refractivity contribution is 4.69. The molecule has 2 heterocycles. The van der Waals surface area contributed by atoms with E-state index in [1.54, 1.807) is 0 Å². The molecule has 3 heteroatoms. The van der Waals surface area contributed by atoms with Crippen molar-refractivity contribution in [3.8, 4) is 0 Å². The molecule has 0 aliphatic carbocycles. The van der Waals surface area contributed by atoms with Crippen LogP contribution in [0.1, 0.15) is 12.8 Å². The third-order valence-corrected chi connectivity index (χ3v) is 2.69. The van der Waals surface area contributed by atoms with Crippen molar-refractivity contribution in [3.63, 3.8) is 0 Å². The van der Waals surface area contributed by atoms with Crippen LogP contribution in [0.3, 0.4) is 0 Å². The highest BCUT2D eigenvalue weighted by Crippen LogP contribution is 2.21. The average molecular weight is 178 g/mol. The van der Waals surface area contributed by atoms with Gasteiger partial charge in [-0.15, -0.1) is 0 Å². The molecule has 0 N–H and O–H groups in total. The summed E-state index contributed by atoms with van der Waals surface area (Å²) in [7, 11) is 2.36. The highest BCUT2D eigenvalue weighted by atomic mass is 35.5. The number of epoxide rings is 1. The van der Waals surface area contributed by atoms with E-state index in [2.05, 4.69) is 7.05 Å². The summed E-state index contributed by atoms with van der Waals surface area (Å²) in [6.45, 7) is 5.04. The van der Waals surface area contributed by atoms with Gasteiger partial charge in [-0.1, -0.05) is 0 Å². The fourth-order valence-electron chi connectivity index (χ4n) is 1.95. The lowest BCUT2D eigenvalue weighted by Crippen LogP contribution is -3.00. The number of quaternary nitrogens is 1. The number of nitrogens with zero attached hydrogens (tertiary/aromatic N) is 1. The Kier molecular flexibility index (Phi) is 2.79. The Bertz CT molecular complexity index is 130. The first-order valence-corrected chi connectivity index (χ1v) is 4.24. The molecule has 0 saturated carbocycles. The molecule has 11 heavy (non-hydrogen) atoms. The summed E-state index contributed by atoms with van der Waals surface area (Å²) in [5.41, 5.74) is 0. The van der Waals surface area contributed by atoms with E-state index in [9.17, 15) is 0 Å². The Morgan fingerprint density at radius 3 is 2.36 bits per heavy atom. The molecule has 0 bridgehead atoms. The van der Waals surface area contributed by atoms with Crippen molar-refractivity contribution in [3.05, 3.63) is 0 Å². The first-order chi connectivity index (χ1) is 4.79. The van der Waals surface area contributed by atoms with E-state index in [1.807, 2.05) is 0 Å². The molecule has 0 amide bonds. The van der Waals surface area contributed by atoms with Gasteiger partial charge in [-0.2, -0.15) is 0 Å². The van der Waals surface area contributed by atoms with Crippen LogP contribution in [0.25, 0.3) is 0 Å². The first-order valence-electron chi connectivity index (χ1n) is 4.24. The van der Waals surface area contributed by atoms with Gasteiger partial charge in [0.25, 0.3) is 0 Å². The Hall–Kier alpha value is 0.210. The molecule has 0 spiro atoms. The van der Waals surface area contributed by atoms with Gasteiger partial charge in [-0.3, -0.25) is 0 Å². The molecule has 2 rings (SSSR count). The maximum atomic E-state index is 5.22. The maximum absolute atomic E-state index is 5.22. The Morgan fingerprint density at radius 1 is 1.36 bits per heavy atom. The van der Waals surface area contributed by atoms with Crippen LogP contribution in [0.15, 0.2) is 0 Å². The number of ether oxygens (including phenoxy) is 1. The molecular weight excluding hydrogens is 162 g/mol. The van der Waals surface area contributed by atoms with Crippen molar-refractivity contribution in [2.75, 3.05) is 33.3 Å². The van der Waals surface area contributed by atoms with Gasteiger partial charge >= 0.3 is 0 Å². The second kappa shape index (κ2) is 3.30. The summed E-state index contributed by atoms with van der Waals surface area (Å²) in [5, 5.41) is 0. The summed E-state index contributed by atoms with van der Waals surface area (Å²) < 4.78 is 6.49. The fraction of sp³-hybridized carbons (Fsp3) is 1.00. The smallest absolute Gasteiger partial charge is 0.130 e. The predicted octanol–water partition coefficient (Wildman–Crippen LogP) is -2.37. The van der Waals surface area contributed by atoms with Crippen molar-refractivity contribution in [2.24, 2.45) is 0 Å². The normalized spacial score (nSPS) is 33.0. The third kappa shape index (κ3) is 2.32. The summed E-state index contributed by atoms with van der Waals surface area (Å²) >= 11 is 0. The van der Waals surface area contributed by atoms with Gasteiger partial charge in [-0.05, 0) is 0 Å². The molecular formula is C8H16ClNO. The SMILES string of the molecule is C[N+]1(CC2CO2)CCCC1.[Cl-]. The van der Waals surface area contributed by atoms with Crippen molar-refractivity contribution in [1.82, 2.24) is 0 Å². The van der Waals surface area contributed by atoms with Crippen LogP contribution in [-0.4, -0.2) is 43.9 Å². The Labute approximate surface area is 74.5 Å². The van der Waals surface area contributed by atoms with E-state index in [0.29, 0.717) is 6.10 Å². The maximum Gasteiger partial charge on any atom is 0.130 e. The molecule has 1 atom stereocenters. The summed E-state index contributed by atoms with van der Waals surface area (Å²) in [4.78, 5) is 0. The summed E-state index contributed by atoms with van der Waals surface area (Å²) in [6.07, 6.45) is 3.45. The minimum Gasteiger partial charge on any atom is -1.00 e. The standard InChI is InChI=1S/C8H16NO.ClH/c1-9(4-2-3-5-9)6-8-7-10-8;/h8H,2-7H2,1H3;1H/q+1;/p-1. The first kappa shape index (κ1) is 9.30. The van der Waals surface area contributed by atoms with Crippen molar-refractivity contribution in [2.45, 2.75) is 18.9 Å². The highest BCUT2D eigenvalue weighted by Gasteiger charge is 2.35. The minimum atomic E-state index is 0. The molecule has 0 radical (unpaired) electrons. The van der Waals surface area contributed by atoms with E-state index in [4.69, 9.17) is 4.74 Å². The minimum absolute atomic E-state index is 0. The van der Waals surface area contributed by atoms with Crippen LogP contribution in [0.2, 0.25) is 0 Å². The quantitative estimate of drug-likeness (QED) is 0.340. The number of likely N-dealkylation sites (N-methyl/N-ethyl adjacent to an activating group) is 1. The molecule has 1 unspecified atom stereocenters. The zero-order chi connectivity index (χ0) is 7.03. The lowest BCUT2D eigenvalue weighted by Gasteiger charge is -2.28. The van der Waals surface area contributed by atoms with Gasteiger partial charge in [0.2, 0.25) is 0 Å². The number of halogens is 1. The second-order valence-corrected chi connectivity index (χ2v) is 3.91. The Morgan fingerprint density at radius 2 is 1.91 bits per heavy atom. The number of rotatable bonds is 2. The zero-order valence-corrected chi connectivity index (χ0v) is 7.81.